The van der Waals surface area contributed by atoms with Gasteiger partial charge >= 0.3 is 0 Å². The molecule has 0 aliphatic rings. The Hall–Kier alpha value is -2.61. The third-order valence-corrected chi connectivity index (χ3v) is 4.85. The molecule has 3 N–H and O–H groups in total. The SMILES string of the molecule is CCNC(=NCC(C)Oc1ccccc1C)NCCNC(=O)c1scnc1C. The number of amides is 1. The molecule has 0 radical (unpaired) electrons. The molecule has 0 fully saturated rings. The van der Waals surface area contributed by atoms with Crippen molar-refractivity contribution in [2.75, 3.05) is 26.2 Å². The number of nitrogens with one attached hydrogen (secondary N) is 3. The molecule has 152 valence electrons. The molecule has 0 saturated carbocycles. The Kier molecular flexibility index (Phi) is 8.74. The number of guanidine groups is 1. The fraction of sp³-hybridized carbons (Fsp3) is 0.450. The van der Waals surface area contributed by atoms with Gasteiger partial charge in [-0.15, -0.1) is 11.3 Å². The van der Waals surface area contributed by atoms with Crippen molar-refractivity contribution in [1.82, 2.24) is 20.9 Å². The van der Waals surface area contributed by atoms with Crippen LogP contribution in [0.5, 0.6) is 5.75 Å². The lowest BCUT2D eigenvalue weighted by Gasteiger charge is -2.16. The monoisotopic (exact) mass is 403 g/mol. The van der Waals surface area contributed by atoms with Crippen molar-refractivity contribution >= 4 is 23.2 Å². The zero-order chi connectivity index (χ0) is 20.4. The second-order valence-corrected chi connectivity index (χ2v) is 7.22. The van der Waals surface area contributed by atoms with E-state index in [1.54, 1.807) is 5.51 Å². The fourth-order valence-corrected chi connectivity index (χ4v) is 3.18. The van der Waals surface area contributed by atoms with Crippen LogP contribution in [0.3, 0.4) is 0 Å². The number of nitrogens with zero attached hydrogens (tertiary/aromatic N) is 2. The first-order valence-corrected chi connectivity index (χ1v) is 10.3. The van der Waals surface area contributed by atoms with Crippen molar-refractivity contribution < 1.29 is 9.53 Å². The van der Waals surface area contributed by atoms with E-state index >= 15 is 0 Å². The van der Waals surface area contributed by atoms with Crippen LogP contribution in [0.15, 0.2) is 34.8 Å². The molecule has 2 rings (SSSR count). The van der Waals surface area contributed by atoms with Gasteiger partial charge in [0.2, 0.25) is 0 Å². The number of thiazole rings is 1. The summed E-state index contributed by atoms with van der Waals surface area (Å²) in [6, 6.07) is 7.95. The van der Waals surface area contributed by atoms with E-state index in [1.165, 1.54) is 11.3 Å². The number of aryl methyl sites for hydroxylation is 2. The van der Waals surface area contributed by atoms with E-state index in [4.69, 9.17) is 4.74 Å². The largest absolute Gasteiger partial charge is 0.489 e. The number of hydrogen-bond donors (Lipinski definition) is 3. The highest BCUT2D eigenvalue weighted by Gasteiger charge is 2.11. The van der Waals surface area contributed by atoms with Crippen LogP contribution in [-0.4, -0.2) is 49.1 Å². The number of benzene rings is 1. The van der Waals surface area contributed by atoms with E-state index in [0.29, 0.717) is 30.5 Å². The Bertz CT molecular complexity index is 790. The molecule has 0 spiro atoms. The van der Waals surface area contributed by atoms with Gasteiger partial charge in [0, 0.05) is 19.6 Å². The molecule has 1 unspecified atom stereocenters. The second kappa shape index (κ2) is 11.3. The molecule has 1 aromatic heterocycles. The lowest BCUT2D eigenvalue weighted by atomic mass is 10.2. The third kappa shape index (κ3) is 6.84. The van der Waals surface area contributed by atoms with Gasteiger partial charge in [0.05, 0.1) is 17.7 Å². The van der Waals surface area contributed by atoms with Crippen molar-refractivity contribution in [1.29, 1.82) is 0 Å². The summed E-state index contributed by atoms with van der Waals surface area (Å²) in [4.78, 5) is 21.4. The molecular formula is C20H29N5O2S. The van der Waals surface area contributed by atoms with Crippen LogP contribution >= 0.6 is 11.3 Å². The van der Waals surface area contributed by atoms with Gasteiger partial charge in [-0.25, -0.2) is 9.98 Å². The molecule has 1 heterocycles. The Morgan fingerprint density at radius 1 is 1.21 bits per heavy atom. The first kappa shape index (κ1) is 21.7. The Morgan fingerprint density at radius 3 is 2.64 bits per heavy atom. The van der Waals surface area contributed by atoms with Crippen molar-refractivity contribution in [3.63, 3.8) is 0 Å². The molecule has 0 aliphatic heterocycles. The van der Waals surface area contributed by atoms with Crippen LogP contribution in [0, 0.1) is 13.8 Å². The lowest BCUT2D eigenvalue weighted by Crippen LogP contribution is -2.42. The van der Waals surface area contributed by atoms with Crippen LogP contribution in [0.1, 0.15) is 34.8 Å². The highest BCUT2D eigenvalue weighted by Crippen LogP contribution is 2.17. The molecule has 1 amide bonds. The van der Waals surface area contributed by atoms with Gasteiger partial charge in [-0.3, -0.25) is 4.79 Å². The molecule has 0 aliphatic carbocycles. The summed E-state index contributed by atoms with van der Waals surface area (Å²) in [6.07, 6.45) is -0.0504. The number of carbonyl (C=O) groups is 1. The summed E-state index contributed by atoms with van der Waals surface area (Å²) in [7, 11) is 0. The molecule has 0 saturated heterocycles. The smallest absolute Gasteiger partial charge is 0.263 e. The number of aliphatic imine (C=N–C) groups is 1. The maximum atomic E-state index is 12.1. The van der Waals surface area contributed by atoms with Crippen LogP contribution in [0.25, 0.3) is 0 Å². The second-order valence-electron chi connectivity index (χ2n) is 6.36. The van der Waals surface area contributed by atoms with Crippen molar-refractivity contribution in [2.45, 2.75) is 33.8 Å². The first-order chi connectivity index (χ1) is 13.5. The van der Waals surface area contributed by atoms with Gasteiger partial charge in [0.15, 0.2) is 5.96 Å². The Morgan fingerprint density at radius 2 is 1.96 bits per heavy atom. The summed E-state index contributed by atoms with van der Waals surface area (Å²) in [5, 5.41) is 9.31. The normalized spacial score (nSPS) is 12.4. The predicted molar refractivity (Wildman–Crippen MR) is 114 cm³/mol. The van der Waals surface area contributed by atoms with E-state index in [0.717, 1.165) is 23.6 Å². The molecular weight excluding hydrogens is 374 g/mol. The standard InChI is InChI=1S/C20H29N5O2S/c1-5-21-20(23-11-10-22-19(26)18-16(4)25-13-28-18)24-12-15(3)27-17-9-7-6-8-14(17)2/h6-9,13,15H,5,10-12H2,1-4H3,(H,22,26)(H2,21,23,24). The van der Waals surface area contributed by atoms with Crippen molar-refractivity contribution in [3.05, 3.63) is 45.9 Å². The van der Waals surface area contributed by atoms with Crippen LogP contribution in [0.2, 0.25) is 0 Å². The molecule has 2 aromatic rings. The third-order valence-electron chi connectivity index (χ3n) is 3.93. The number of aromatic nitrogens is 1. The van der Waals surface area contributed by atoms with E-state index in [9.17, 15) is 4.79 Å². The molecule has 1 aromatic carbocycles. The predicted octanol–water partition coefficient (Wildman–Crippen LogP) is 2.51. The average molecular weight is 404 g/mol. The van der Waals surface area contributed by atoms with E-state index in [-0.39, 0.29) is 12.0 Å². The van der Waals surface area contributed by atoms with Crippen molar-refractivity contribution in [3.8, 4) is 5.75 Å². The molecule has 7 nitrogen and oxygen atoms in total. The summed E-state index contributed by atoms with van der Waals surface area (Å²) < 4.78 is 5.96. The number of para-hydroxylation sites is 1. The maximum Gasteiger partial charge on any atom is 0.263 e. The van der Waals surface area contributed by atoms with Gasteiger partial charge in [-0.2, -0.15) is 0 Å². The minimum Gasteiger partial charge on any atom is -0.489 e. The Balaban J connectivity index is 1.77. The zero-order valence-corrected chi connectivity index (χ0v) is 17.7. The zero-order valence-electron chi connectivity index (χ0n) is 16.9. The molecule has 28 heavy (non-hydrogen) atoms. The van der Waals surface area contributed by atoms with Gasteiger partial charge in [0.1, 0.15) is 16.7 Å². The van der Waals surface area contributed by atoms with Gasteiger partial charge < -0.3 is 20.7 Å². The van der Waals surface area contributed by atoms with Crippen LogP contribution in [0.4, 0.5) is 0 Å². The highest BCUT2D eigenvalue weighted by atomic mass is 32.1. The summed E-state index contributed by atoms with van der Waals surface area (Å²) in [5.74, 6) is 1.49. The summed E-state index contributed by atoms with van der Waals surface area (Å²) in [6.45, 7) is 10.2. The summed E-state index contributed by atoms with van der Waals surface area (Å²) in [5.41, 5.74) is 3.54. The molecule has 8 heteroatoms. The fourth-order valence-electron chi connectivity index (χ4n) is 2.46. The van der Waals surface area contributed by atoms with E-state index in [2.05, 4.69) is 25.9 Å². The quantitative estimate of drug-likeness (QED) is 0.340. The number of ether oxygens (including phenoxy) is 1. The molecule has 0 bridgehead atoms. The molecule has 1 atom stereocenters. The minimum absolute atomic E-state index is 0.0504. The van der Waals surface area contributed by atoms with E-state index < -0.39 is 0 Å². The number of carbonyl (C=O) groups excluding carboxylic acids is 1. The first-order valence-electron chi connectivity index (χ1n) is 9.44. The average Bonchev–Trinajstić information content (AvgIpc) is 3.11. The highest BCUT2D eigenvalue weighted by molar-refractivity contribution is 7.11. The van der Waals surface area contributed by atoms with Crippen molar-refractivity contribution in [2.24, 2.45) is 4.99 Å². The van der Waals surface area contributed by atoms with Gasteiger partial charge in [0.25, 0.3) is 5.91 Å². The Labute approximate surface area is 170 Å². The van der Waals surface area contributed by atoms with Gasteiger partial charge in [-0.1, -0.05) is 18.2 Å². The van der Waals surface area contributed by atoms with Crippen LogP contribution in [-0.2, 0) is 0 Å². The summed E-state index contributed by atoms with van der Waals surface area (Å²) >= 11 is 1.35. The number of rotatable bonds is 9. The minimum atomic E-state index is -0.0935. The van der Waals surface area contributed by atoms with E-state index in [1.807, 2.05) is 52.0 Å². The topological polar surface area (TPSA) is 87.6 Å². The van der Waals surface area contributed by atoms with Gasteiger partial charge in [-0.05, 0) is 39.3 Å². The lowest BCUT2D eigenvalue weighted by molar-refractivity contribution is 0.0957. The maximum absolute atomic E-state index is 12.1. The van der Waals surface area contributed by atoms with Crippen LogP contribution < -0.4 is 20.7 Å². The number of hydrogen-bond acceptors (Lipinski definition) is 5.